The highest BCUT2D eigenvalue weighted by Crippen LogP contribution is 2.33. The Kier molecular flexibility index (Phi) is 3.29. The standard InChI is InChI=1S/C15H20N2O2/c1-10-14-7-16-6-13(14)9-17(10)8-11-2-4-12(5-3-11)15(18)19/h2-5,10,13-14,16H,6-9H2,1H3,(H,18,19). The van der Waals surface area contributed by atoms with Gasteiger partial charge in [0, 0.05) is 19.1 Å². The highest BCUT2D eigenvalue weighted by molar-refractivity contribution is 5.87. The number of aromatic carboxylic acids is 1. The van der Waals surface area contributed by atoms with E-state index in [4.69, 9.17) is 5.11 Å². The van der Waals surface area contributed by atoms with Crippen molar-refractivity contribution in [3.05, 3.63) is 35.4 Å². The van der Waals surface area contributed by atoms with Crippen LogP contribution < -0.4 is 5.32 Å². The van der Waals surface area contributed by atoms with Gasteiger partial charge in [-0.25, -0.2) is 4.79 Å². The van der Waals surface area contributed by atoms with Gasteiger partial charge in [-0.3, -0.25) is 4.90 Å². The minimum Gasteiger partial charge on any atom is -0.478 e. The Morgan fingerprint density at radius 3 is 2.74 bits per heavy atom. The molecule has 4 nitrogen and oxygen atoms in total. The molecule has 3 unspecified atom stereocenters. The quantitative estimate of drug-likeness (QED) is 0.863. The summed E-state index contributed by atoms with van der Waals surface area (Å²) >= 11 is 0. The summed E-state index contributed by atoms with van der Waals surface area (Å²) in [7, 11) is 0. The van der Waals surface area contributed by atoms with Gasteiger partial charge in [0.05, 0.1) is 5.56 Å². The highest BCUT2D eigenvalue weighted by Gasteiger charge is 2.41. The molecule has 0 spiro atoms. The normalized spacial score (nSPS) is 30.5. The van der Waals surface area contributed by atoms with Crippen molar-refractivity contribution in [2.24, 2.45) is 11.8 Å². The third-order valence-corrected chi connectivity index (χ3v) is 4.64. The number of likely N-dealkylation sites (tertiary alicyclic amines) is 1. The average molecular weight is 260 g/mol. The van der Waals surface area contributed by atoms with E-state index in [0.717, 1.165) is 38.0 Å². The fourth-order valence-electron chi connectivity index (χ4n) is 3.45. The summed E-state index contributed by atoms with van der Waals surface area (Å²) in [6.07, 6.45) is 0. The Balaban J connectivity index is 1.67. The third-order valence-electron chi connectivity index (χ3n) is 4.64. The zero-order valence-electron chi connectivity index (χ0n) is 11.2. The molecule has 1 aromatic rings. The van der Waals surface area contributed by atoms with Gasteiger partial charge in [-0.15, -0.1) is 0 Å². The topological polar surface area (TPSA) is 52.6 Å². The van der Waals surface area contributed by atoms with Crippen LogP contribution in [0.15, 0.2) is 24.3 Å². The monoisotopic (exact) mass is 260 g/mol. The summed E-state index contributed by atoms with van der Waals surface area (Å²) in [5.41, 5.74) is 1.56. The van der Waals surface area contributed by atoms with E-state index >= 15 is 0 Å². The summed E-state index contributed by atoms with van der Waals surface area (Å²) in [6.45, 7) is 6.67. The molecule has 1 aromatic carbocycles. The molecule has 0 amide bonds. The number of nitrogens with one attached hydrogen (secondary N) is 1. The molecule has 0 bridgehead atoms. The van der Waals surface area contributed by atoms with Crippen molar-refractivity contribution in [1.82, 2.24) is 10.2 Å². The number of nitrogens with zero attached hydrogens (tertiary/aromatic N) is 1. The van der Waals surface area contributed by atoms with Crippen molar-refractivity contribution in [2.75, 3.05) is 19.6 Å². The first kappa shape index (κ1) is 12.6. The Morgan fingerprint density at radius 2 is 2.11 bits per heavy atom. The Bertz CT molecular complexity index is 472. The van der Waals surface area contributed by atoms with E-state index in [1.807, 2.05) is 12.1 Å². The molecule has 2 fully saturated rings. The molecule has 2 aliphatic heterocycles. The zero-order chi connectivity index (χ0) is 13.4. The van der Waals surface area contributed by atoms with E-state index in [1.54, 1.807) is 12.1 Å². The van der Waals surface area contributed by atoms with Gasteiger partial charge in [0.25, 0.3) is 0 Å². The third kappa shape index (κ3) is 2.38. The summed E-state index contributed by atoms with van der Waals surface area (Å²) < 4.78 is 0. The molecule has 2 saturated heterocycles. The first-order valence-electron chi connectivity index (χ1n) is 6.92. The van der Waals surface area contributed by atoms with Gasteiger partial charge in [0.15, 0.2) is 0 Å². The lowest BCUT2D eigenvalue weighted by Gasteiger charge is -2.24. The van der Waals surface area contributed by atoms with Crippen molar-refractivity contribution in [1.29, 1.82) is 0 Å². The lowest BCUT2D eigenvalue weighted by atomic mass is 9.95. The van der Waals surface area contributed by atoms with Crippen LogP contribution in [0.25, 0.3) is 0 Å². The fraction of sp³-hybridized carbons (Fsp3) is 0.533. The first-order chi connectivity index (χ1) is 9.15. The second kappa shape index (κ2) is 4.94. The Morgan fingerprint density at radius 1 is 1.37 bits per heavy atom. The number of hydrogen-bond acceptors (Lipinski definition) is 3. The molecule has 0 aromatic heterocycles. The number of carboxylic acids is 1. The molecule has 0 saturated carbocycles. The lowest BCUT2D eigenvalue weighted by Crippen LogP contribution is -2.32. The van der Waals surface area contributed by atoms with Gasteiger partial charge < -0.3 is 10.4 Å². The maximum Gasteiger partial charge on any atom is 0.335 e. The average Bonchev–Trinajstić information content (AvgIpc) is 2.95. The molecule has 102 valence electrons. The largest absolute Gasteiger partial charge is 0.478 e. The SMILES string of the molecule is CC1C2CNCC2CN1Cc1ccc(C(=O)O)cc1. The van der Waals surface area contributed by atoms with Crippen LogP contribution >= 0.6 is 0 Å². The number of hydrogen-bond donors (Lipinski definition) is 2. The van der Waals surface area contributed by atoms with E-state index in [9.17, 15) is 4.79 Å². The fourth-order valence-corrected chi connectivity index (χ4v) is 3.45. The van der Waals surface area contributed by atoms with Crippen LogP contribution in [-0.2, 0) is 6.54 Å². The molecule has 19 heavy (non-hydrogen) atoms. The van der Waals surface area contributed by atoms with Crippen molar-refractivity contribution >= 4 is 5.97 Å². The van der Waals surface area contributed by atoms with Crippen LogP contribution in [-0.4, -0.2) is 41.7 Å². The lowest BCUT2D eigenvalue weighted by molar-refractivity contribution is 0.0697. The smallest absolute Gasteiger partial charge is 0.335 e. The van der Waals surface area contributed by atoms with Crippen LogP contribution in [0.4, 0.5) is 0 Å². The first-order valence-corrected chi connectivity index (χ1v) is 6.92. The number of rotatable bonds is 3. The van der Waals surface area contributed by atoms with Gasteiger partial charge >= 0.3 is 5.97 Å². The Labute approximate surface area is 113 Å². The van der Waals surface area contributed by atoms with Gasteiger partial charge in [0.2, 0.25) is 0 Å². The van der Waals surface area contributed by atoms with Gasteiger partial charge in [0.1, 0.15) is 0 Å². The number of benzene rings is 1. The minimum absolute atomic E-state index is 0.360. The van der Waals surface area contributed by atoms with Gasteiger partial charge in [-0.2, -0.15) is 0 Å². The minimum atomic E-state index is -0.860. The predicted molar refractivity (Wildman–Crippen MR) is 73.1 cm³/mol. The maximum atomic E-state index is 10.8. The number of carbonyl (C=O) groups is 1. The van der Waals surface area contributed by atoms with Crippen molar-refractivity contribution in [2.45, 2.75) is 19.5 Å². The van der Waals surface area contributed by atoms with Crippen LogP contribution in [0.2, 0.25) is 0 Å². The summed E-state index contributed by atoms with van der Waals surface area (Å²) in [5.74, 6) is 0.702. The molecular weight excluding hydrogens is 240 g/mol. The van der Waals surface area contributed by atoms with E-state index in [2.05, 4.69) is 17.1 Å². The molecule has 3 atom stereocenters. The van der Waals surface area contributed by atoms with Gasteiger partial charge in [-0.05, 0) is 49.5 Å². The van der Waals surface area contributed by atoms with Crippen LogP contribution in [0.5, 0.6) is 0 Å². The molecule has 0 radical (unpaired) electrons. The van der Waals surface area contributed by atoms with E-state index < -0.39 is 5.97 Å². The predicted octanol–water partition coefficient (Wildman–Crippen LogP) is 1.42. The number of fused-ring (bicyclic) bond motifs is 1. The van der Waals surface area contributed by atoms with E-state index in [0.29, 0.717) is 11.6 Å². The molecule has 2 aliphatic rings. The molecular formula is C15H20N2O2. The van der Waals surface area contributed by atoms with E-state index in [1.165, 1.54) is 5.56 Å². The highest BCUT2D eigenvalue weighted by atomic mass is 16.4. The van der Waals surface area contributed by atoms with E-state index in [-0.39, 0.29) is 0 Å². The zero-order valence-corrected chi connectivity index (χ0v) is 11.2. The molecule has 2 heterocycles. The molecule has 0 aliphatic carbocycles. The summed E-state index contributed by atoms with van der Waals surface area (Å²) in [5, 5.41) is 12.4. The summed E-state index contributed by atoms with van der Waals surface area (Å²) in [6, 6.07) is 7.87. The van der Waals surface area contributed by atoms with Gasteiger partial charge in [-0.1, -0.05) is 12.1 Å². The molecule has 2 N–H and O–H groups in total. The second-order valence-electron chi connectivity index (χ2n) is 5.75. The van der Waals surface area contributed by atoms with Crippen molar-refractivity contribution in [3.8, 4) is 0 Å². The van der Waals surface area contributed by atoms with Crippen LogP contribution in [0, 0.1) is 11.8 Å². The van der Waals surface area contributed by atoms with Crippen LogP contribution in [0.3, 0.4) is 0 Å². The van der Waals surface area contributed by atoms with Crippen molar-refractivity contribution < 1.29 is 9.90 Å². The summed E-state index contributed by atoms with van der Waals surface area (Å²) in [4.78, 5) is 13.3. The number of carboxylic acid groups (broad SMARTS) is 1. The molecule has 4 heteroatoms. The van der Waals surface area contributed by atoms with Crippen molar-refractivity contribution in [3.63, 3.8) is 0 Å². The second-order valence-corrected chi connectivity index (χ2v) is 5.75. The maximum absolute atomic E-state index is 10.8. The van der Waals surface area contributed by atoms with Crippen LogP contribution in [0.1, 0.15) is 22.8 Å². The Hall–Kier alpha value is -1.39. The molecule has 3 rings (SSSR count).